The fourth-order valence-corrected chi connectivity index (χ4v) is 2.97. The van der Waals surface area contributed by atoms with Gasteiger partial charge in [-0.2, -0.15) is 0 Å². The molecule has 0 radical (unpaired) electrons. The fourth-order valence-electron chi connectivity index (χ4n) is 2.24. The summed E-state index contributed by atoms with van der Waals surface area (Å²) in [6.45, 7) is 0. The molecule has 2 aromatic carbocycles. The Balaban J connectivity index is 1.67. The predicted molar refractivity (Wildman–Crippen MR) is 92.0 cm³/mol. The minimum atomic E-state index is -0.282. The number of imidazole rings is 1. The molecular formula is C18H15FN2O2S. The zero-order chi connectivity index (χ0) is 16.9. The van der Waals surface area contributed by atoms with Gasteiger partial charge in [0.25, 0.3) is 0 Å². The average molecular weight is 342 g/mol. The summed E-state index contributed by atoms with van der Waals surface area (Å²) in [5.74, 6) is 0.499. The van der Waals surface area contributed by atoms with Gasteiger partial charge in [-0.3, -0.25) is 4.79 Å². The average Bonchev–Trinajstić information content (AvgIpc) is 3.09. The highest BCUT2D eigenvalue weighted by atomic mass is 32.2. The second-order valence-corrected chi connectivity index (χ2v) is 5.99. The minimum absolute atomic E-state index is 0.0304. The van der Waals surface area contributed by atoms with E-state index in [-0.39, 0.29) is 17.4 Å². The van der Waals surface area contributed by atoms with E-state index >= 15 is 0 Å². The number of nitrogens with zero attached hydrogens (tertiary/aromatic N) is 1. The largest absolute Gasteiger partial charge is 0.496 e. The smallest absolute Gasteiger partial charge is 0.176 e. The van der Waals surface area contributed by atoms with Crippen molar-refractivity contribution in [3.63, 3.8) is 0 Å². The molecule has 0 atom stereocenters. The number of rotatable bonds is 6. The molecule has 0 amide bonds. The summed E-state index contributed by atoms with van der Waals surface area (Å²) >= 11 is 1.32. The van der Waals surface area contributed by atoms with E-state index in [1.54, 1.807) is 43.6 Å². The van der Waals surface area contributed by atoms with Gasteiger partial charge in [0.1, 0.15) is 11.6 Å². The van der Waals surface area contributed by atoms with Crippen LogP contribution in [0.4, 0.5) is 4.39 Å². The molecule has 24 heavy (non-hydrogen) atoms. The van der Waals surface area contributed by atoms with Crippen molar-refractivity contribution in [1.29, 1.82) is 0 Å². The van der Waals surface area contributed by atoms with Gasteiger partial charge in [0.2, 0.25) is 0 Å². The van der Waals surface area contributed by atoms with Crippen LogP contribution in [0.2, 0.25) is 0 Å². The van der Waals surface area contributed by atoms with E-state index in [0.717, 1.165) is 11.3 Å². The number of ketones is 1. The number of nitrogens with one attached hydrogen (secondary N) is 1. The molecule has 0 unspecified atom stereocenters. The zero-order valence-corrected chi connectivity index (χ0v) is 13.8. The van der Waals surface area contributed by atoms with Gasteiger partial charge in [0, 0.05) is 0 Å². The molecule has 3 aromatic rings. The van der Waals surface area contributed by atoms with Crippen LogP contribution in [0.1, 0.15) is 10.4 Å². The van der Waals surface area contributed by atoms with Crippen LogP contribution in [0.3, 0.4) is 0 Å². The Bertz CT molecular complexity index is 846. The summed E-state index contributed by atoms with van der Waals surface area (Å²) < 4.78 is 18.2. The summed E-state index contributed by atoms with van der Waals surface area (Å²) in [6.07, 6.45) is 1.67. The Labute approximate surface area is 143 Å². The molecule has 1 heterocycles. The highest BCUT2D eigenvalue weighted by Crippen LogP contribution is 2.24. The van der Waals surface area contributed by atoms with Crippen LogP contribution in [-0.4, -0.2) is 28.6 Å². The van der Waals surface area contributed by atoms with Crippen molar-refractivity contribution in [2.45, 2.75) is 5.16 Å². The molecule has 0 saturated carbocycles. The van der Waals surface area contributed by atoms with Crippen LogP contribution in [0, 0.1) is 5.82 Å². The number of hydrogen-bond donors (Lipinski definition) is 1. The van der Waals surface area contributed by atoms with Gasteiger partial charge in [-0.05, 0) is 42.0 Å². The number of carbonyl (C=O) groups is 1. The molecule has 1 N–H and O–H groups in total. The van der Waals surface area contributed by atoms with Crippen molar-refractivity contribution in [3.8, 4) is 17.0 Å². The summed E-state index contributed by atoms with van der Waals surface area (Å²) in [6, 6.07) is 13.3. The molecule has 122 valence electrons. The van der Waals surface area contributed by atoms with Crippen LogP contribution < -0.4 is 4.74 Å². The SMILES string of the molecule is COc1ccccc1C(=O)CSc1ncc(-c2ccc(F)cc2)[nH]1. The van der Waals surface area contributed by atoms with E-state index in [4.69, 9.17) is 4.74 Å². The molecule has 0 spiro atoms. The minimum Gasteiger partial charge on any atom is -0.496 e. The highest BCUT2D eigenvalue weighted by molar-refractivity contribution is 7.99. The lowest BCUT2D eigenvalue weighted by Gasteiger charge is -2.06. The van der Waals surface area contributed by atoms with Gasteiger partial charge in [-0.15, -0.1) is 0 Å². The van der Waals surface area contributed by atoms with E-state index < -0.39 is 0 Å². The third-order valence-corrected chi connectivity index (χ3v) is 4.34. The standard InChI is InChI=1S/C18H15FN2O2S/c1-23-17-5-3-2-4-14(17)16(22)11-24-18-20-10-15(21-18)12-6-8-13(19)9-7-12/h2-10H,11H2,1H3,(H,20,21). The number of methoxy groups -OCH3 is 1. The summed E-state index contributed by atoms with van der Waals surface area (Å²) in [4.78, 5) is 19.7. The van der Waals surface area contributed by atoms with Crippen LogP contribution in [0.25, 0.3) is 11.3 Å². The number of ether oxygens (including phenoxy) is 1. The van der Waals surface area contributed by atoms with Gasteiger partial charge < -0.3 is 9.72 Å². The number of thioether (sulfide) groups is 1. The molecule has 0 aliphatic carbocycles. The number of halogens is 1. The van der Waals surface area contributed by atoms with E-state index in [9.17, 15) is 9.18 Å². The second kappa shape index (κ2) is 7.31. The summed E-state index contributed by atoms with van der Waals surface area (Å²) in [5.41, 5.74) is 2.17. The van der Waals surface area contributed by atoms with Crippen molar-refractivity contribution >= 4 is 17.5 Å². The molecule has 0 saturated heterocycles. The Morgan fingerprint density at radius 3 is 2.71 bits per heavy atom. The third kappa shape index (κ3) is 3.65. The molecule has 6 heteroatoms. The first-order chi connectivity index (χ1) is 11.7. The number of para-hydroxylation sites is 1. The zero-order valence-electron chi connectivity index (χ0n) is 13.0. The van der Waals surface area contributed by atoms with Crippen LogP contribution >= 0.6 is 11.8 Å². The van der Waals surface area contributed by atoms with Crippen molar-refractivity contribution in [1.82, 2.24) is 9.97 Å². The molecule has 0 bridgehead atoms. The number of aromatic nitrogens is 2. The molecule has 0 fully saturated rings. The maximum absolute atomic E-state index is 13.0. The molecule has 0 aliphatic heterocycles. The highest BCUT2D eigenvalue weighted by Gasteiger charge is 2.13. The first-order valence-corrected chi connectivity index (χ1v) is 8.26. The third-order valence-electron chi connectivity index (χ3n) is 3.46. The first kappa shape index (κ1) is 16.3. The first-order valence-electron chi connectivity index (χ1n) is 7.27. The molecule has 4 nitrogen and oxygen atoms in total. The van der Waals surface area contributed by atoms with Gasteiger partial charge in [-0.1, -0.05) is 23.9 Å². The summed E-state index contributed by atoms with van der Waals surface area (Å²) in [5, 5.41) is 0.637. The number of hydrogen-bond acceptors (Lipinski definition) is 4. The lowest BCUT2D eigenvalue weighted by molar-refractivity contribution is 0.101. The molecule has 0 aliphatic rings. The Hall–Kier alpha value is -2.60. The second-order valence-electron chi connectivity index (χ2n) is 5.02. The normalized spacial score (nSPS) is 10.6. The molecule has 1 aromatic heterocycles. The van der Waals surface area contributed by atoms with Crippen LogP contribution in [-0.2, 0) is 0 Å². The molecule has 3 rings (SSSR count). The Morgan fingerprint density at radius 1 is 1.21 bits per heavy atom. The fraction of sp³-hybridized carbons (Fsp3) is 0.111. The van der Waals surface area contributed by atoms with Crippen molar-refractivity contribution < 1.29 is 13.9 Å². The monoisotopic (exact) mass is 342 g/mol. The number of aromatic amines is 1. The van der Waals surface area contributed by atoms with E-state index in [0.29, 0.717) is 16.5 Å². The summed E-state index contributed by atoms with van der Waals surface area (Å²) in [7, 11) is 1.54. The van der Waals surface area contributed by atoms with E-state index in [1.807, 2.05) is 6.07 Å². The van der Waals surface area contributed by atoms with Gasteiger partial charge in [0.05, 0.1) is 30.3 Å². The van der Waals surface area contributed by atoms with Gasteiger partial charge in [0.15, 0.2) is 10.9 Å². The maximum Gasteiger partial charge on any atom is 0.176 e. The lowest BCUT2D eigenvalue weighted by atomic mass is 10.1. The van der Waals surface area contributed by atoms with Crippen LogP contribution in [0.5, 0.6) is 5.75 Å². The van der Waals surface area contributed by atoms with Crippen molar-refractivity contribution in [3.05, 3.63) is 66.1 Å². The Morgan fingerprint density at radius 2 is 1.96 bits per heavy atom. The van der Waals surface area contributed by atoms with E-state index in [2.05, 4.69) is 9.97 Å². The number of H-pyrrole nitrogens is 1. The Kier molecular flexibility index (Phi) is 4.96. The lowest BCUT2D eigenvalue weighted by Crippen LogP contribution is -2.04. The quantitative estimate of drug-likeness (QED) is 0.539. The van der Waals surface area contributed by atoms with Crippen molar-refractivity contribution in [2.24, 2.45) is 0 Å². The maximum atomic E-state index is 13.0. The van der Waals surface area contributed by atoms with Crippen molar-refractivity contribution in [2.75, 3.05) is 12.9 Å². The topological polar surface area (TPSA) is 55.0 Å². The number of carbonyl (C=O) groups excluding carboxylic acids is 1. The van der Waals surface area contributed by atoms with Gasteiger partial charge in [-0.25, -0.2) is 9.37 Å². The van der Waals surface area contributed by atoms with Gasteiger partial charge >= 0.3 is 0 Å². The van der Waals surface area contributed by atoms with E-state index in [1.165, 1.54) is 23.9 Å². The van der Waals surface area contributed by atoms with Crippen LogP contribution in [0.15, 0.2) is 59.9 Å². The number of Topliss-reactive ketones (excluding diaryl/α,β-unsaturated/α-hetero) is 1. The molecular weight excluding hydrogens is 327 g/mol. The number of benzene rings is 2. The predicted octanol–water partition coefficient (Wildman–Crippen LogP) is 4.20.